The summed E-state index contributed by atoms with van der Waals surface area (Å²) in [6.07, 6.45) is -1.53. The third kappa shape index (κ3) is 8.72. The molecular weight excluding hydrogens is 455 g/mol. The molecule has 0 heterocycles. The van der Waals surface area contributed by atoms with Crippen molar-refractivity contribution >= 4 is 5.97 Å². The van der Waals surface area contributed by atoms with Crippen LogP contribution in [0.2, 0.25) is 0 Å². The molecule has 2 rings (SSSR count). The summed E-state index contributed by atoms with van der Waals surface area (Å²) >= 11 is 0. The van der Waals surface area contributed by atoms with Crippen LogP contribution >= 0.6 is 0 Å². The van der Waals surface area contributed by atoms with Crippen molar-refractivity contribution < 1.29 is 42.8 Å². The molecule has 1 aromatic carbocycles. The quantitative estimate of drug-likeness (QED) is 0.342. The Morgan fingerprint density at radius 1 is 1.24 bits per heavy atom. The SMILES string of the molecule is CO[C@H]1C[C@@H](O)[C@H](N(C)CC(O)COc2cccc(C(F)(F)F)c2)[C@H]1CCCCCCC(=O)O. The molecule has 0 amide bonds. The maximum atomic E-state index is 12.9. The summed E-state index contributed by atoms with van der Waals surface area (Å²) in [7, 11) is 3.40. The van der Waals surface area contributed by atoms with Crippen molar-refractivity contribution in [2.75, 3.05) is 27.3 Å². The van der Waals surface area contributed by atoms with Crippen LogP contribution in [0.3, 0.4) is 0 Å². The molecule has 0 spiro atoms. The van der Waals surface area contributed by atoms with Crippen molar-refractivity contribution in [1.29, 1.82) is 0 Å². The van der Waals surface area contributed by atoms with Gasteiger partial charge in [0.1, 0.15) is 18.5 Å². The van der Waals surface area contributed by atoms with Gasteiger partial charge in [-0.3, -0.25) is 9.69 Å². The summed E-state index contributed by atoms with van der Waals surface area (Å²) < 4.78 is 49.5. The van der Waals surface area contributed by atoms with Crippen molar-refractivity contribution in [1.82, 2.24) is 4.90 Å². The van der Waals surface area contributed by atoms with Crippen molar-refractivity contribution in [3.63, 3.8) is 0 Å². The molecule has 1 aromatic rings. The molecule has 34 heavy (non-hydrogen) atoms. The van der Waals surface area contributed by atoms with Crippen LogP contribution in [0.5, 0.6) is 5.75 Å². The number of carboxylic acid groups (broad SMARTS) is 1. The number of unbranched alkanes of at least 4 members (excludes halogenated alkanes) is 3. The van der Waals surface area contributed by atoms with Gasteiger partial charge in [-0.1, -0.05) is 25.3 Å². The number of carbonyl (C=O) groups is 1. The van der Waals surface area contributed by atoms with Gasteiger partial charge in [-0.05, 0) is 38.1 Å². The minimum absolute atomic E-state index is 0.0256. The number of rotatable bonds is 14. The van der Waals surface area contributed by atoms with Gasteiger partial charge in [-0.2, -0.15) is 13.2 Å². The summed E-state index contributed by atoms with van der Waals surface area (Å²) in [6, 6.07) is 4.27. The first kappa shape index (κ1) is 28.4. The highest BCUT2D eigenvalue weighted by Crippen LogP contribution is 2.36. The number of aliphatic carboxylic acids is 1. The molecule has 0 saturated heterocycles. The van der Waals surface area contributed by atoms with Crippen molar-refractivity contribution in [3.05, 3.63) is 29.8 Å². The van der Waals surface area contributed by atoms with Crippen LogP contribution in [-0.2, 0) is 15.7 Å². The zero-order valence-electron chi connectivity index (χ0n) is 19.7. The van der Waals surface area contributed by atoms with Crippen LogP contribution < -0.4 is 4.74 Å². The molecule has 1 fully saturated rings. The van der Waals surface area contributed by atoms with Crippen LogP contribution in [0.4, 0.5) is 13.2 Å². The molecule has 0 bridgehead atoms. The van der Waals surface area contributed by atoms with E-state index in [2.05, 4.69) is 0 Å². The summed E-state index contributed by atoms with van der Waals surface area (Å²) in [4.78, 5) is 12.5. The first-order chi connectivity index (χ1) is 16.0. The van der Waals surface area contributed by atoms with Crippen LogP contribution in [-0.4, -0.2) is 77.9 Å². The number of benzene rings is 1. The lowest BCUT2D eigenvalue weighted by atomic mass is 9.92. The number of likely N-dealkylation sites (N-methyl/N-ethyl adjacent to an activating group) is 1. The minimum Gasteiger partial charge on any atom is -0.491 e. The lowest BCUT2D eigenvalue weighted by Gasteiger charge is -2.34. The van der Waals surface area contributed by atoms with Gasteiger partial charge in [0, 0.05) is 38.5 Å². The fourth-order valence-electron chi connectivity index (χ4n) is 4.78. The Hall–Kier alpha value is -1.88. The topological polar surface area (TPSA) is 99.5 Å². The van der Waals surface area contributed by atoms with Crippen LogP contribution in [0, 0.1) is 5.92 Å². The number of aliphatic hydroxyl groups is 2. The van der Waals surface area contributed by atoms with Gasteiger partial charge >= 0.3 is 12.1 Å². The number of hydrogen-bond acceptors (Lipinski definition) is 6. The summed E-state index contributed by atoms with van der Waals surface area (Å²) in [6.45, 7) is -0.0113. The third-order valence-corrected chi connectivity index (χ3v) is 6.38. The summed E-state index contributed by atoms with van der Waals surface area (Å²) in [5, 5.41) is 29.8. The van der Waals surface area contributed by atoms with E-state index in [1.807, 2.05) is 4.90 Å². The summed E-state index contributed by atoms with van der Waals surface area (Å²) in [5.74, 6) is -0.727. The van der Waals surface area contributed by atoms with Crippen LogP contribution in [0.25, 0.3) is 0 Å². The Labute approximate surface area is 198 Å². The lowest BCUT2D eigenvalue weighted by molar-refractivity contribution is -0.138. The largest absolute Gasteiger partial charge is 0.491 e. The Morgan fingerprint density at radius 2 is 1.94 bits per heavy atom. The van der Waals surface area contributed by atoms with Crippen molar-refractivity contribution in [3.8, 4) is 5.75 Å². The average molecular weight is 492 g/mol. The molecule has 1 aliphatic carbocycles. The van der Waals surface area contributed by atoms with Gasteiger partial charge in [-0.25, -0.2) is 0 Å². The lowest BCUT2D eigenvalue weighted by Crippen LogP contribution is -2.47. The fourth-order valence-corrected chi connectivity index (χ4v) is 4.78. The van der Waals surface area contributed by atoms with Gasteiger partial charge in [0.05, 0.1) is 17.8 Å². The Bertz CT molecular complexity index is 762. The molecule has 1 saturated carbocycles. The van der Waals surface area contributed by atoms with E-state index >= 15 is 0 Å². The number of alkyl halides is 3. The molecular formula is C24H36F3NO6. The number of nitrogens with zero attached hydrogens (tertiary/aromatic N) is 1. The smallest absolute Gasteiger partial charge is 0.416 e. The van der Waals surface area contributed by atoms with Crippen molar-refractivity contribution in [2.24, 2.45) is 5.92 Å². The highest BCUT2D eigenvalue weighted by molar-refractivity contribution is 5.66. The molecule has 0 radical (unpaired) electrons. The molecule has 10 heteroatoms. The van der Waals surface area contributed by atoms with E-state index in [9.17, 15) is 28.2 Å². The zero-order valence-corrected chi connectivity index (χ0v) is 19.7. The predicted molar refractivity (Wildman–Crippen MR) is 120 cm³/mol. The van der Waals surface area contributed by atoms with Gasteiger partial charge < -0.3 is 24.8 Å². The molecule has 1 unspecified atom stereocenters. The predicted octanol–water partition coefficient (Wildman–Crippen LogP) is 3.57. The molecule has 5 atom stereocenters. The van der Waals surface area contributed by atoms with E-state index in [-0.39, 0.29) is 43.4 Å². The van der Waals surface area contributed by atoms with Crippen LogP contribution in [0.1, 0.15) is 50.5 Å². The maximum Gasteiger partial charge on any atom is 0.416 e. The average Bonchev–Trinajstić information content (AvgIpc) is 3.09. The molecule has 3 N–H and O–H groups in total. The van der Waals surface area contributed by atoms with E-state index in [1.165, 1.54) is 12.1 Å². The number of methoxy groups -OCH3 is 1. The molecule has 0 aliphatic heterocycles. The number of aliphatic hydroxyl groups excluding tert-OH is 2. The zero-order chi connectivity index (χ0) is 25.3. The second-order valence-corrected chi connectivity index (χ2v) is 9.01. The monoisotopic (exact) mass is 491 g/mol. The molecule has 7 nitrogen and oxygen atoms in total. The number of carboxylic acids is 1. The number of ether oxygens (including phenoxy) is 2. The first-order valence-corrected chi connectivity index (χ1v) is 11.6. The van der Waals surface area contributed by atoms with E-state index < -0.39 is 29.9 Å². The molecule has 194 valence electrons. The second-order valence-electron chi connectivity index (χ2n) is 9.01. The van der Waals surface area contributed by atoms with E-state index in [4.69, 9.17) is 14.6 Å². The highest BCUT2D eigenvalue weighted by Gasteiger charge is 2.44. The summed E-state index contributed by atoms with van der Waals surface area (Å²) in [5.41, 5.74) is -0.818. The standard InChI is InChI=1S/C24H36F3NO6/c1-28(14-17(29)15-34-18-9-7-8-16(12-18)24(25,26)27)23-19(21(33-2)13-20(23)30)10-5-3-4-6-11-22(31)32/h7-9,12,17,19-21,23,29-30H,3-6,10-11,13-15H2,1-2H3,(H,31,32)/t17?,19-,20+,21-,23+/m0/s1. The minimum atomic E-state index is -4.47. The number of halogens is 3. The Kier molecular flexibility index (Phi) is 11.1. The Balaban J connectivity index is 1.87. The van der Waals surface area contributed by atoms with Gasteiger partial charge in [0.15, 0.2) is 0 Å². The van der Waals surface area contributed by atoms with E-state index in [0.29, 0.717) is 12.8 Å². The van der Waals surface area contributed by atoms with Gasteiger partial charge in [0.25, 0.3) is 0 Å². The molecule has 1 aliphatic rings. The molecule has 0 aromatic heterocycles. The fraction of sp³-hybridized carbons (Fsp3) is 0.708. The highest BCUT2D eigenvalue weighted by atomic mass is 19.4. The second kappa shape index (κ2) is 13.3. The maximum absolute atomic E-state index is 12.9. The normalized spacial score (nSPS) is 23.9. The Morgan fingerprint density at radius 3 is 2.59 bits per heavy atom. The third-order valence-electron chi connectivity index (χ3n) is 6.38. The van der Waals surface area contributed by atoms with Gasteiger partial charge in [0.2, 0.25) is 0 Å². The van der Waals surface area contributed by atoms with Crippen LogP contribution in [0.15, 0.2) is 24.3 Å². The number of hydrogen-bond donors (Lipinski definition) is 3. The van der Waals surface area contributed by atoms with Crippen molar-refractivity contribution in [2.45, 2.75) is 75.5 Å². The first-order valence-electron chi connectivity index (χ1n) is 11.6. The van der Waals surface area contributed by atoms with E-state index in [1.54, 1.807) is 14.2 Å². The van der Waals surface area contributed by atoms with Gasteiger partial charge in [-0.15, -0.1) is 0 Å². The van der Waals surface area contributed by atoms with E-state index in [0.717, 1.165) is 37.8 Å².